The lowest BCUT2D eigenvalue weighted by Gasteiger charge is -2.30. The molecule has 1 aliphatic carbocycles. The number of nitrogens with two attached hydrogens (primary N) is 1. The fourth-order valence-electron chi connectivity index (χ4n) is 2.33. The van der Waals surface area contributed by atoms with Crippen molar-refractivity contribution in [2.75, 3.05) is 0 Å². The molecular weight excluding hydrogens is 272 g/mol. The number of halogens is 6. The maximum Gasteiger partial charge on any atom is 0.402 e. The molecule has 0 saturated carbocycles. The molecule has 0 aliphatic heterocycles. The molecule has 0 saturated heterocycles. The van der Waals surface area contributed by atoms with Gasteiger partial charge in [-0.15, -0.1) is 0 Å². The molecule has 1 rings (SSSR count). The first-order chi connectivity index (χ1) is 8.64. The van der Waals surface area contributed by atoms with E-state index < -0.39 is 24.3 Å². The van der Waals surface area contributed by atoms with Crippen molar-refractivity contribution in [3.8, 4) is 0 Å². The molecule has 19 heavy (non-hydrogen) atoms. The second kappa shape index (κ2) is 6.15. The molecule has 0 amide bonds. The summed E-state index contributed by atoms with van der Waals surface area (Å²) < 4.78 is 75.5. The second-order valence-corrected chi connectivity index (χ2v) is 4.82. The maximum atomic E-state index is 12.6. The quantitative estimate of drug-likeness (QED) is 0.594. The zero-order valence-corrected chi connectivity index (χ0v) is 10.3. The van der Waals surface area contributed by atoms with Gasteiger partial charge in [0.1, 0.15) is 0 Å². The molecule has 0 fully saturated rings. The minimum Gasteiger partial charge on any atom is -0.323 e. The Morgan fingerprint density at radius 3 is 1.95 bits per heavy atom. The van der Waals surface area contributed by atoms with Crippen LogP contribution in [0.2, 0.25) is 0 Å². The number of hydrogen-bond donors (Lipinski definition) is 1. The average Bonchev–Trinajstić information content (AvgIpc) is 2.10. The van der Waals surface area contributed by atoms with Gasteiger partial charge in [-0.05, 0) is 25.7 Å². The van der Waals surface area contributed by atoms with Crippen molar-refractivity contribution < 1.29 is 26.3 Å². The van der Waals surface area contributed by atoms with Gasteiger partial charge < -0.3 is 5.73 Å². The van der Waals surface area contributed by atoms with E-state index in [1.807, 2.05) is 0 Å². The Bertz CT molecular complexity index is 303. The van der Waals surface area contributed by atoms with Crippen LogP contribution >= 0.6 is 0 Å². The summed E-state index contributed by atoms with van der Waals surface area (Å²) in [7, 11) is 0. The zero-order valence-electron chi connectivity index (χ0n) is 10.3. The standard InChI is InChI=1S/C12H17F6N/c13-11(14,15)10(12(16,17)18)9(19)8-6-4-2-1-3-5-7-8/h6,9-10H,1-5,7,19H2. The van der Waals surface area contributed by atoms with E-state index in [9.17, 15) is 26.3 Å². The summed E-state index contributed by atoms with van der Waals surface area (Å²) in [6.45, 7) is 0. The van der Waals surface area contributed by atoms with Crippen LogP contribution in [0.25, 0.3) is 0 Å². The van der Waals surface area contributed by atoms with Crippen LogP contribution in [-0.4, -0.2) is 18.4 Å². The zero-order chi connectivity index (χ0) is 14.7. The van der Waals surface area contributed by atoms with Gasteiger partial charge >= 0.3 is 12.4 Å². The fraction of sp³-hybridized carbons (Fsp3) is 0.833. The fourth-order valence-corrected chi connectivity index (χ4v) is 2.33. The lowest BCUT2D eigenvalue weighted by Crippen LogP contribution is -2.49. The lowest BCUT2D eigenvalue weighted by molar-refractivity contribution is -0.287. The molecule has 112 valence electrons. The topological polar surface area (TPSA) is 26.0 Å². The molecule has 7 heteroatoms. The van der Waals surface area contributed by atoms with Crippen LogP contribution in [0.15, 0.2) is 11.6 Å². The van der Waals surface area contributed by atoms with Gasteiger partial charge in [0.25, 0.3) is 0 Å². The van der Waals surface area contributed by atoms with Crippen molar-refractivity contribution in [2.24, 2.45) is 11.7 Å². The van der Waals surface area contributed by atoms with Crippen LogP contribution in [-0.2, 0) is 0 Å². The van der Waals surface area contributed by atoms with Crippen molar-refractivity contribution in [1.82, 2.24) is 0 Å². The molecule has 2 N–H and O–H groups in total. The van der Waals surface area contributed by atoms with Crippen LogP contribution < -0.4 is 5.73 Å². The van der Waals surface area contributed by atoms with Crippen LogP contribution in [0.4, 0.5) is 26.3 Å². The molecular formula is C12H17F6N. The molecule has 1 unspecified atom stereocenters. The third-order valence-corrected chi connectivity index (χ3v) is 3.32. The molecule has 1 aliphatic rings. The van der Waals surface area contributed by atoms with Gasteiger partial charge in [-0.25, -0.2) is 0 Å². The Balaban J connectivity index is 2.95. The first-order valence-electron chi connectivity index (χ1n) is 6.22. The van der Waals surface area contributed by atoms with Gasteiger partial charge in [-0.2, -0.15) is 26.3 Å². The highest BCUT2D eigenvalue weighted by atomic mass is 19.4. The molecule has 1 atom stereocenters. The molecule has 0 radical (unpaired) electrons. The van der Waals surface area contributed by atoms with Gasteiger partial charge in [0.15, 0.2) is 5.92 Å². The smallest absolute Gasteiger partial charge is 0.323 e. The Kier molecular flexibility index (Phi) is 5.29. The minimum atomic E-state index is -5.37. The van der Waals surface area contributed by atoms with E-state index in [1.165, 1.54) is 6.08 Å². The summed E-state index contributed by atoms with van der Waals surface area (Å²) in [6, 6.07) is -2.03. The Hall–Kier alpha value is -0.720. The number of rotatable bonds is 2. The number of alkyl halides is 6. The summed E-state index contributed by atoms with van der Waals surface area (Å²) in [6.07, 6.45) is -5.47. The van der Waals surface area contributed by atoms with E-state index in [4.69, 9.17) is 5.73 Å². The number of hydrogen-bond acceptors (Lipinski definition) is 1. The van der Waals surface area contributed by atoms with Crippen LogP contribution in [0.1, 0.15) is 38.5 Å². The Labute approximate surface area is 107 Å². The molecule has 0 bridgehead atoms. The van der Waals surface area contributed by atoms with Crippen LogP contribution in [0, 0.1) is 5.92 Å². The molecule has 0 aromatic heterocycles. The van der Waals surface area contributed by atoms with Gasteiger partial charge in [-0.1, -0.05) is 24.5 Å². The first kappa shape index (κ1) is 16.3. The summed E-state index contributed by atoms with van der Waals surface area (Å²) in [5, 5.41) is 0. The van der Waals surface area contributed by atoms with Crippen molar-refractivity contribution in [3.63, 3.8) is 0 Å². The molecule has 1 nitrogen and oxygen atoms in total. The summed E-state index contributed by atoms with van der Waals surface area (Å²) in [5.41, 5.74) is 5.36. The van der Waals surface area contributed by atoms with Crippen molar-refractivity contribution in [3.05, 3.63) is 11.6 Å². The second-order valence-electron chi connectivity index (χ2n) is 4.82. The van der Waals surface area contributed by atoms with Crippen LogP contribution in [0.5, 0.6) is 0 Å². The highest BCUT2D eigenvalue weighted by Gasteiger charge is 2.59. The van der Waals surface area contributed by atoms with Gasteiger partial charge in [0.2, 0.25) is 0 Å². The maximum absolute atomic E-state index is 12.6. The predicted molar refractivity (Wildman–Crippen MR) is 59.4 cm³/mol. The van der Waals surface area contributed by atoms with E-state index >= 15 is 0 Å². The molecule has 0 heterocycles. The van der Waals surface area contributed by atoms with Crippen molar-refractivity contribution in [2.45, 2.75) is 56.9 Å². The summed E-state index contributed by atoms with van der Waals surface area (Å²) in [5.74, 6) is -3.48. The largest absolute Gasteiger partial charge is 0.402 e. The van der Waals surface area contributed by atoms with Gasteiger partial charge in [-0.3, -0.25) is 0 Å². The number of allylic oxidation sites excluding steroid dienone is 1. The molecule has 0 aromatic rings. The van der Waals surface area contributed by atoms with E-state index in [1.54, 1.807) is 0 Å². The van der Waals surface area contributed by atoms with Crippen LogP contribution in [0.3, 0.4) is 0 Å². The summed E-state index contributed by atoms with van der Waals surface area (Å²) in [4.78, 5) is 0. The van der Waals surface area contributed by atoms with Crippen molar-refractivity contribution >= 4 is 0 Å². The first-order valence-corrected chi connectivity index (χ1v) is 6.22. The SMILES string of the molecule is NC(C1=CCCCCCC1)C(C(F)(F)F)C(F)(F)F. The van der Waals surface area contributed by atoms with E-state index in [2.05, 4.69) is 0 Å². The average molecular weight is 289 g/mol. The third-order valence-electron chi connectivity index (χ3n) is 3.32. The highest BCUT2D eigenvalue weighted by molar-refractivity contribution is 5.14. The molecule has 0 aromatic carbocycles. The highest BCUT2D eigenvalue weighted by Crippen LogP contribution is 2.43. The lowest BCUT2D eigenvalue weighted by atomic mass is 9.87. The normalized spacial score (nSPS) is 20.7. The monoisotopic (exact) mass is 289 g/mol. The Morgan fingerprint density at radius 1 is 0.895 bits per heavy atom. The third kappa shape index (κ3) is 4.71. The summed E-state index contributed by atoms with van der Waals surface area (Å²) >= 11 is 0. The van der Waals surface area contributed by atoms with Crippen molar-refractivity contribution in [1.29, 1.82) is 0 Å². The Morgan fingerprint density at radius 2 is 1.42 bits per heavy atom. The van der Waals surface area contributed by atoms with E-state index in [0.29, 0.717) is 12.8 Å². The van der Waals surface area contributed by atoms with Gasteiger partial charge in [0, 0.05) is 6.04 Å². The van der Waals surface area contributed by atoms with E-state index in [0.717, 1.165) is 19.3 Å². The minimum absolute atomic E-state index is 0.0827. The predicted octanol–water partition coefficient (Wildman–Crippen LogP) is 4.34. The van der Waals surface area contributed by atoms with E-state index in [-0.39, 0.29) is 12.0 Å². The van der Waals surface area contributed by atoms with Gasteiger partial charge in [0.05, 0.1) is 0 Å². The molecule has 0 spiro atoms.